The van der Waals surface area contributed by atoms with Gasteiger partial charge < -0.3 is 5.01 Å². The number of pyridine rings is 1. The number of hydrazine groups is 1. The fourth-order valence-corrected chi connectivity index (χ4v) is 1.32. The van der Waals surface area contributed by atoms with Crippen molar-refractivity contribution in [3.8, 4) is 0 Å². The van der Waals surface area contributed by atoms with Gasteiger partial charge in [-0.3, -0.25) is 4.98 Å². The smallest absolute Gasteiger partial charge is 0.0606 e. The Labute approximate surface area is 71.5 Å². The second kappa shape index (κ2) is 2.60. The van der Waals surface area contributed by atoms with E-state index >= 15 is 0 Å². The van der Waals surface area contributed by atoms with Gasteiger partial charge in [0.2, 0.25) is 0 Å². The zero-order valence-corrected chi connectivity index (χ0v) is 6.99. The SMILES string of the molecule is Cc1cc2c(cn1)CN(N)C=C2. The highest BCUT2D eigenvalue weighted by Crippen LogP contribution is 2.16. The minimum Gasteiger partial charge on any atom is -0.314 e. The largest absolute Gasteiger partial charge is 0.314 e. The van der Waals surface area contributed by atoms with Crippen LogP contribution in [0.4, 0.5) is 0 Å². The lowest BCUT2D eigenvalue weighted by Crippen LogP contribution is -2.26. The van der Waals surface area contributed by atoms with E-state index in [0.717, 1.165) is 12.2 Å². The van der Waals surface area contributed by atoms with Crippen LogP contribution in [0.25, 0.3) is 6.08 Å². The summed E-state index contributed by atoms with van der Waals surface area (Å²) in [5, 5.41) is 1.65. The quantitative estimate of drug-likeness (QED) is 0.578. The van der Waals surface area contributed by atoms with Crippen LogP contribution in [0.3, 0.4) is 0 Å². The van der Waals surface area contributed by atoms with Crippen LogP contribution < -0.4 is 5.84 Å². The molecule has 0 fully saturated rings. The van der Waals surface area contributed by atoms with Gasteiger partial charge in [0, 0.05) is 18.1 Å². The van der Waals surface area contributed by atoms with E-state index in [1.807, 2.05) is 25.4 Å². The molecule has 0 aliphatic carbocycles. The molecule has 1 aromatic rings. The van der Waals surface area contributed by atoms with Gasteiger partial charge in [0.1, 0.15) is 0 Å². The first-order valence-electron chi connectivity index (χ1n) is 3.91. The second-order valence-electron chi connectivity index (χ2n) is 3.01. The Kier molecular flexibility index (Phi) is 1.59. The third-order valence-corrected chi connectivity index (χ3v) is 1.96. The first kappa shape index (κ1) is 7.31. The molecule has 0 amide bonds. The van der Waals surface area contributed by atoms with Crippen LogP contribution in [-0.2, 0) is 6.54 Å². The van der Waals surface area contributed by atoms with Crippen molar-refractivity contribution in [1.82, 2.24) is 9.99 Å². The molecule has 0 aromatic carbocycles. The molecule has 0 atom stereocenters. The lowest BCUT2D eigenvalue weighted by atomic mass is 10.1. The molecule has 0 spiro atoms. The molecule has 0 saturated heterocycles. The predicted molar refractivity (Wildman–Crippen MR) is 47.7 cm³/mol. The van der Waals surface area contributed by atoms with Crippen LogP contribution in [0.1, 0.15) is 16.8 Å². The first-order chi connectivity index (χ1) is 5.75. The van der Waals surface area contributed by atoms with E-state index in [2.05, 4.69) is 11.1 Å². The molecule has 3 heteroatoms. The normalized spacial score (nSPS) is 14.7. The van der Waals surface area contributed by atoms with Crippen molar-refractivity contribution in [2.75, 3.05) is 0 Å². The molecule has 2 N–H and O–H groups in total. The molecular formula is C9H11N3. The summed E-state index contributed by atoms with van der Waals surface area (Å²) in [7, 11) is 0. The van der Waals surface area contributed by atoms with Gasteiger partial charge in [0.25, 0.3) is 0 Å². The van der Waals surface area contributed by atoms with Gasteiger partial charge in [0.15, 0.2) is 0 Å². The van der Waals surface area contributed by atoms with Gasteiger partial charge in [0.05, 0.1) is 6.54 Å². The van der Waals surface area contributed by atoms with E-state index in [1.165, 1.54) is 11.1 Å². The topological polar surface area (TPSA) is 42.2 Å². The average molecular weight is 161 g/mol. The predicted octanol–water partition coefficient (Wildman–Crippen LogP) is 1.05. The molecule has 1 aliphatic rings. The number of hydrogen-bond donors (Lipinski definition) is 1. The Morgan fingerprint density at radius 3 is 3.25 bits per heavy atom. The lowest BCUT2D eigenvalue weighted by molar-refractivity contribution is 0.384. The molecule has 1 aromatic heterocycles. The van der Waals surface area contributed by atoms with Gasteiger partial charge in [-0.15, -0.1) is 0 Å². The number of aryl methyl sites for hydroxylation is 1. The molecule has 2 heterocycles. The van der Waals surface area contributed by atoms with Crippen LogP contribution in [0.5, 0.6) is 0 Å². The molecule has 3 nitrogen and oxygen atoms in total. The van der Waals surface area contributed by atoms with E-state index in [4.69, 9.17) is 5.84 Å². The number of nitrogens with zero attached hydrogens (tertiary/aromatic N) is 2. The Bertz CT molecular complexity index is 331. The highest BCUT2D eigenvalue weighted by atomic mass is 15.4. The molecule has 0 bridgehead atoms. The van der Waals surface area contributed by atoms with Gasteiger partial charge >= 0.3 is 0 Å². The minimum absolute atomic E-state index is 0.749. The van der Waals surface area contributed by atoms with Crippen molar-refractivity contribution < 1.29 is 0 Å². The zero-order chi connectivity index (χ0) is 8.55. The summed E-state index contributed by atoms with van der Waals surface area (Å²) in [5.74, 6) is 5.61. The van der Waals surface area contributed by atoms with Gasteiger partial charge in [-0.25, -0.2) is 5.84 Å². The van der Waals surface area contributed by atoms with E-state index in [0.29, 0.717) is 0 Å². The van der Waals surface area contributed by atoms with E-state index in [-0.39, 0.29) is 0 Å². The average Bonchev–Trinajstić information content (AvgIpc) is 2.05. The highest BCUT2D eigenvalue weighted by molar-refractivity contribution is 5.55. The Balaban J connectivity index is 2.47. The Hall–Kier alpha value is -1.35. The Morgan fingerprint density at radius 1 is 1.58 bits per heavy atom. The van der Waals surface area contributed by atoms with Crippen molar-refractivity contribution in [2.24, 2.45) is 5.84 Å². The van der Waals surface area contributed by atoms with Gasteiger partial charge in [-0.05, 0) is 30.2 Å². The van der Waals surface area contributed by atoms with Crippen molar-refractivity contribution in [2.45, 2.75) is 13.5 Å². The third kappa shape index (κ3) is 1.19. The number of fused-ring (bicyclic) bond motifs is 1. The summed E-state index contributed by atoms with van der Waals surface area (Å²) in [6.07, 6.45) is 5.77. The summed E-state index contributed by atoms with van der Waals surface area (Å²) < 4.78 is 0. The molecule has 0 saturated carbocycles. The molecule has 0 radical (unpaired) electrons. The second-order valence-corrected chi connectivity index (χ2v) is 3.01. The summed E-state index contributed by atoms with van der Waals surface area (Å²) in [6.45, 7) is 2.74. The van der Waals surface area contributed by atoms with Crippen molar-refractivity contribution in [3.63, 3.8) is 0 Å². The highest BCUT2D eigenvalue weighted by Gasteiger charge is 2.07. The minimum atomic E-state index is 0.749. The zero-order valence-electron chi connectivity index (χ0n) is 6.99. The number of rotatable bonds is 0. The fraction of sp³-hybridized carbons (Fsp3) is 0.222. The molecule has 1 aliphatic heterocycles. The summed E-state index contributed by atoms with van der Waals surface area (Å²) in [4.78, 5) is 4.21. The summed E-state index contributed by atoms with van der Waals surface area (Å²) >= 11 is 0. The number of hydrogen-bond acceptors (Lipinski definition) is 3. The van der Waals surface area contributed by atoms with Gasteiger partial charge in [-0.1, -0.05) is 0 Å². The molecule has 2 rings (SSSR count). The van der Waals surface area contributed by atoms with Crippen molar-refractivity contribution >= 4 is 6.08 Å². The monoisotopic (exact) mass is 161 g/mol. The maximum absolute atomic E-state index is 5.61. The molecule has 12 heavy (non-hydrogen) atoms. The van der Waals surface area contributed by atoms with Crippen molar-refractivity contribution in [3.05, 3.63) is 35.3 Å². The van der Waals surface area contributed by atoms with Crippen molar-refractivity contribution in [1.29, 1.82) is 0 Å². The lowest BCUT2D eigenvalue weighted by Gasteiger charge is -2.19. The van der Waals surface area contributed by atoms with Crippen LogP contribution in [-0.4, -0.2) is 9.99 Å². The van der Waals surface area contributed by atoms with E-state index in [1.54, 1.807) is 5.01 Å². The van der Waals surface area contributed by atoms with E-state index in [9.17, 15) is 0 Å². The molecular weight excluding hydrogens is 150 g/mol. The summed E-state index contributed by atoms with van der Waals surface area (Å²) in [5.41, 5.74) is 3.46. The van der Waals surface area contributed by atoms with E-state index < -0.39 is 0 Å². The van der Waals surface area contributed by atoms with Crippen LogP contribution >= 0.6 is 0 Å². The third-order valence-electron chi connectivity index (χ3n) is 1.96. The Morgan fingerprint density at radius 2 is 2.42 bits per heavy atom. The standard InChI is InChI=1S/C9H11N3/c1-7-4-8-2-3-12(10)6-9(8)5-11-7/h2-5H,6,10H2,1H3. The van der Waals surface area contributed by atoms with Crippen LogP contribution in [0, 0.1) is 6.92 Å². The van der Waals surface area contributed by atoms with Crippen LogP contribution in [0.15, 0.2) is 18.5 Å². The number of aromatic nitrogens is 1. The number of nitrogens with two attached hydrogens (primary N) is 1. The van der Waals surface area contributed by atoms with Crippen LogP contribution in [0.2, 0.25) is 0 Å². The molecule has 62 valence electrons. The van der Waals surface area contributed by atoms with Gasteiger partial charge in [-0.2, -0.15) is 0 Å². The fourth-order valence-electron chi connectivity index (χ4n) is 1.32. The maximum Gasteiger partial charge on any atom is 0.0606 e. The molecule has 0 unspecified atom stereocenters. The summed E-state index contributed by atoms with van der Waals surface area (Å²) in [6, 6.07) is 2.07. The first-order valence-corrected chi connectivity index (χ1v) is 3.91. The maximum atomic E-state index is 5.61.